The smallest absolute Gasteiger partial charge is 0.302 e. The first-order valence-electron chi connectivity index (χ1n) is 7.66. The predicted octanol–water partition coefficient (Wildman–Crippen LogP) is 3.80. The molecular weight excluding hydrogens is 460 g/mol. The number of anilines is 1. The van der Waals surface area contributed by atoms with E-state index in [4.69, 9.17) is 4.42 Å². The Morgan fingerprint density at radius 2 is 2.00 bits per heavy atom. The van der Waals surface area contributed by atoms with Crippen LogP contribution in [-0.2, 0) is 9.59 Å². The Bertz CT molecular complexity index is 1130. The summed E-state index contributed by atoms with van der Waals surface area (Å²) in [5.41, 5.74) is 0.872. The van der Waals surface area contributed by atoms with Crippen LogP contribution in [0, 0.1) is 11.6 Å². The predicted molar refractivity (Wildman–Crippen MR) is 97.5 cm³/mol. The van der Waals surface area contributed by atoms with Gasteiger partial charge in [0.05, 0.1) is 5.57 Å². The summed E-state index contributed by atoms with van der Waals surface area (Å²) in [4.78, 5) is 26.4. The van der Waals surface area contributed by atoms with Crippen molar-refractivity contribution in [2.75, 3.05) is 4.90 Å². The summed E-state index contributed by atoms with van der Waals surface area (Å²) in [5.74, 6) is -4.81. The molecule has 0 spiro atoms. The molecule has 1 aliphatic heterocycles. The molecule has 1 aromatic carbocycles. The number of ketones is 1. The molecule has 2 aromatic heterocycles. The van der Waals surface area contributed by atoms with E-state index in [0.717, 1.165) is 34.4 Å². The van der Waals surface area contributed by atoms with Crippen LogP contribution in [0.4, 0.5) is 13.9 Å². The number of halogens is 3. The van der Waals surface area contributed by atoms with Gasteiger partial charge in [0.2, 0.25) is 5.13 Å². The van der Waals surface area contributed by atoms with Crippen molar-refractivity contribution in [3.8, 4) is 0 Å². The number of carbonyl (C=O) groups excluding carboxylic acids is 2. The molecule has 1 amide bonds. The van der Waals surface area contributed by atoms with Gasteiger partial charge < -0.3 is 9.52 Å². The van der Waals surface area contributed by atoms with Gasteiger partial charge in [-0.3, -0.25) is 14.5 Å². The topological polar surface area (TPSA) is 96.5 Å². The summed E-state index contributed by atoms with van der Waals surface area (Å²) in [6.07, 6.45) is 0. The van der Waals surface area contributed by atoms with Crippen LogP contribution >= 0.6 is 27.3 Å². The fraction of sp³-hybridized carbons (Fsp3) is 0.0588. The van der Waals surface area contributed by atoms with Gasteiger partial charge in [0.15, 0.2) is 16.3 Å². The molecule has 1 N–H and O–H groups in total. The number of Topliss-reactive ketones (excluding diaryl/α,β-unsaturated/α-hetero) is 1. The maximum Gasteiger partial charge on any atom is 0.302 e. The molecule has 0 radical (unpaired) electrons. The monoisotopic (exact) mass is 467 g/mol. The Morgan fingerprint density at radius 1 is 1.21 bits per heavy atom. The number of rotatable bonds is 3. The SMILES string of the molecule is O=C1C(=O)N(c2nncs2)C(c2ccc(Br)o2)/C1=C(\O)c1ccc(F)c(F)c1. The minimum atomic E-state index is -1.21. The number of hydrogen-bond donors (Lipinski definition) is 1. The van der Waals surface area contributed by atoms with Crippen molar-refractivity contribution < 1.29 is 27.9 Å². The summed E-state index contributed by atoms with van der Waals surface area (Å²) in [7, 11) is 0. The fourth-order valence-electron chi connectivity index (χ4n) is 2.85. The van der Waals surface area contributed by atoms with Crippen molar-refractivity contribution in [2.45, 2.75) is 6.04 Å². The highest BCUT2D eigenvalue weighted by Crippen LogP contribution is 2.43. The van der Waals surface area contributed by atoms with E-state index in [1.54, 1.807) is 6.07 Å². The molecule has 7 nitrogen and oxygen atoms in total. The van der Waals surface area contributed by atoms with Gasteiger partial charge in [-0.05, 0) is 46.3 Å². The second-order valence-corrected chi connectivity index (χ2v) is 7.25. The van der Waals surface area contributed by atoms with Crippen molar-refractivity contribution in [1.29, 1.82) is 0 Å². The van der Waals surface area contributed by atoms with Crippen molar-refractivity contribution in [3.05, 3.63) is 69.0 Å². The Hall–Kier alpha value is -2.92. The molecule has 11 heteroatoms. The molecule has 1 atom stereocenters. The molecule has 4 rings (SSSR count). The van der Waals surface area contributed by atoms with Gasteiger partial charge in [0, 0.05) is 5.56 Å². The largest absolute Gasteiger partial charge is 0.507 e. The number of carbonyl (C=O) groups is 2. The molecule has 0 saturated carbocycles. The third-order valence-corrected chi connectivity index (χ3v) is 5.17. The minimum absolute atomic E-state index is 0.115. The summed E-state index contributed by atoms with van der Waals surface area (Å²) >= 11 is 4.16. The van der Waals surface area contributed by atoms with Gasteiger partial charge >= 0.3 is 5.91 Å². The number of aromatic nitrogens is 2. The number of aliphatic hydroxyl groups is 1. The maximum absolute atomic E-state index is 13.6. The number of hydrogen-bond acceptors (Lipinski definition) is 7. The zero-order chi connectivity index (χ0) is 20.0. The second-order valence-electron chi connectivity index (χ2n) is 5.66. The zero-order valence-corrected chi connectivity index (χ0v) is 16.0. The first-order chi connectivity index (χ1) is 13.4. The lowest BCUT2D eigenvalue weighted by atomic mass is 9.99. The van der Waals surface area contributed by atoms with E-state index in [2.05, 4.69) is 26.1 Å². The second kappa shape index (κ2) is 6.91. The Labute approximate surface area is 168 Å². The van der Waals surface area contributed by atoms with E-state index >= 15 is 0 Å². The van der Waals surface area contributed by atoms with Gasteiger partial charge in [0.25, 0.3) is 5.78 Å². The molecular formula is C17H8BrF2N3O4S. The first kappa shape index (κ1) is 18.4. The minimum Gasteiger partial charge on any atom is -0.507 e. The lowest BCUT2D eigenvalue weighted by Crippen LogP contribution is -2.29. The normalized spacial score (nSPS) is 18.8. The molecule has 1 fully saturated rings. The van der Waals surface area contributed by atoms with Crippen LogP contribution in [0.25, 0.3) is 5.76 Å². The van der Waals surface area contributed by atoms with Crippen molar-refractivity contribution in [2.24, 2.45) is 0 Å². The first-order valence-corrected chi connectivity index (χ1v) is 9.33. The number of amides is 1. The lowest BCUT2D eigenvalue weighted by Gasteiger charge is -2.20. The number of nitrogens with zero attached hydrogens (tertiary/aromatic N) is 3. The lowest BCUT2D eigenvalue weighted by molar-refractivity contribution is -0.132. The van der Waals surface area contributed by atoms with E-state index in [1.807, 2.05) is 0 Å². The van der Waals surface area contributed by atoms with E-state index in [9.17, 15) is 23.5 Å². The van der Waals surface area contributed by atoms with Crippen molar-refractivity contribution in [3.63, 3.8) is 0 Å². The average molecular weight is 468 g/mol. The van der Waals surface area contributed by atoms with E-state index in [-0.39, 0.29) is 22.0 Å². The van der Waals surface area contributed by atoms with Gasteiger partial charge in [-0.25, -0.2) is 8.78 Å². The van der Waals surface area contributed by atoms with Crippen LogP contribution < -0.4 is 4.90 Å². The van der Waals surface area contributed by atoms with Crippen LogP contribution in [0.5, 0.6) is 0 Å². The molecule has 3 heterocycles. The van der Waals surface area contributed by atoms with E-state index in [0.29, 0.717) is 4.67 Å². The quantitative estimate of drug-likeness (QED) is 0.357. The van der Waals surface area contributed by atoms with Gasteiger partial charge in [-0.15, -0.1) is 10.2 Å². The summed E-state index contributed by atoms with van der Waals surface area (Å²) in [6.45, 7) is 0. The van der Waals surface area contributed by atoms with E-state index in [1.165, 1.54) is 11.6 Å². The van der Waals surface area contributed by atoms with Gasteiger partial charge in [0.1, 0.15) is 23.1 Å². The van der Waals surface area contributed by atoms with Crippen molar-refractivity contribution >= 4 is 49.8 Å². The van der Waals surface area contributed by atoms with Crippen LogP contribution in [0.3, 0.4) is 0 Å². The number of aliphatic hydroxyl groups excluding tert-OH is 1. The standard InChI is InChI=1S/C17H8BrF2N3O4S/c18-11-4-3-10(27-11)13-12(14(24)7-1-2-8(19)9(20)5-7)15(25)16(26)23(13)17-22-21-6-28-17/h1-6,13,24H/b14-12+. The Kier molecular flexibility index (Phi) is 4.55. The highest BCUT2D eigenvalue weighted by molar-refractivity contribution is 9.10. The molecule has 142 valence electrons. The van der Waals surface area contributed by atoms with E-state index < -0.39 is 35.1 Å². The summed E-state index contributed by atoms with van der Waals surface area (Å²) < 4.78 is 32.7. The third kappa shape index (κ3) is 2.92. The van der Waals surface area contributed by atoms with Crippen molar-refractivity contribution in [1.82, 2.24) is 10.2 Å². The Balaban J connectivity index is 1.94. The van der Waals surface area contributed by atoms with Gasteiger partial charge in [-0.2, -0.15) is 0 Å². The highest BCUT2D eigenvalue weighted by Gasteiger charge is 2.49. The molecule has 0 bridgehead atoms. The van der Waals surface area contributed by atoms with Crippen LogP contribution in [-0.4, -0.2) is 27.0 Å². The van der Waals surface area contributed by atoms with Crippen LogP contribution in [0.15, 0.2) is 50.5 Å². The number of benzene rings is 1. The molecule has 0 aliphatic carbocycles. The maximum atomic E-state index is 13.6. The number of furan rings is 1. The average Bonchev–Trinajstić information content (AvgIpc) is 3.38. The molecule has 28 heavy (non-hydrogen) atoms. The van der Waals surface area contributed by atoms with Gasteiger partial charge in [-0.1, -0.05) is 11.3 Å². The summed E-state index contributed by atoms with van der Waals surface area (Å²) in [6, 6.07) is 4.54. The third-order valence-electron chi connectivity index (χ3n) is 4.06. The molecule has 1 unspecified atom stereocenters. The molecule has 3 aromatic rings. The van der Waals surface area contributed by atoms with Crippen LogP contribution in [0.1, 0.15) is 17.4 Å². The highest BCUT2D eigenvalue weighted by atomic mass is 79.9. The molecule has 1 saturated heterocycles. The molecule has 1 aliphatic rings. The summed E-state index contributed by atoms with van der Waals surface area (Å²) in [5, 5.41) is 18.3. The fourth-order valence-corrected chi connectivity index (χ4v) is 3.75. The zero-order valence-electron chi connectivity index (χ0n) is 13.6. The van der Waals surface area contributed by atoms with Crippen LogP contribution in [0.2, 0.25) is 0 Å². The Morgan fingerprint density at radius 3 is 2.61 bits per heavy atom.